The van der Waals surface area contributed by atoms with Crippen LogP contribution in [0.2, 0.25) is 0 Å². The van der Waals surface area contributed by atoms with E-state index in [2.05, 4.69) is 45.5 Å². The molecule has 2 rings (SSSR count). The first-order valence-corrected chi connectivity index (χ1v) is 9.09. The highest BCUT2D eigenvalue weighted by atomic mass is 32.2. The van der Waals surface area contributed by atoms with E-state index in [0.717, 1.165) is 25.4 Å². The van der Waals surface area contributed by atoms with Gasteiger partial charge in [0.25, 0.3) is 0 Å². The van der Waals surface area contributed by atoms with Crippen molar-refractivity contribution in [3.63, 3.8) is 0 Å². The van der Waals surface area contributed by atoms with Crippen molar-refractivity contribution in [2.45, 2.75) is 76.4 Å². The summed E-state index contributed by atoms with van der Waals surface area (Å²) in [7, 11) is 0. The van der Waals surface area contributed by atoms with Crippen LogP contribution in [0.1, 0.15) is 59.8 Å². The van der Waals surface area contributed by atoms with Gasteiger partial charge in [0.1, 0.15) is 0 Å². The van der Waals surface area contributed by atoms with Gasteiger partial charge in [0.15, 0.2) is 0 Å². The summed E-state index contributed by atoms with van der Waals surface area (Å²) in [4.78, 5) is 0. The summed E-state index contributed by atoms with van der Waals surface area (Å²) in [5.74, 6) is 1.02. The molecule has 20 heavy (non-hydrogen) atoms. The average Bonchev–Trinajstić information content (AvgIpc) is 2.84. The summed E-state index contributed by atoms with van der Waals surface area (Å²) in [6.07, 6.45) is 6.28. The lowest BCUT2D eigenvalue weighted by Crippen LogP contribution is -2.35. The molecule has 2 nitrogen and oxygen atoms in total. The van der Waals surface area contributed by atoms with E-state index in [4.69, 9.17) is 4.74 Å². The Kier molecular flexibility index (Phi) is 5.42. The van der Waals surface area contributed by atoms with Crippen molar-refractivity contribution in [1.29, 1.82) is 5.26 Å². The molecule has 1 saturated carbocycles. The Labute approximate surface area is 128 Å². The Morgan fingerprint density at radius 1 is 1.25 bits per heavy atom. The van der Waals surface area contributed by atoms with E-state index in [0.29, 0.717) is 22.0 Å². The predicted octanol–water partition coefficient (Wildman–Crippen LogP) is 4.64. The summed E-state index contributed by atoms with van der Waals surface area (Å²) in [5, 5.41) is 10.6. The summed E-state index contributed by atoms with van der Waals surface area (Å²) >= 11 is 2.05. The van der Waals surface area contributed by atoms with Crippen LogP contribution in [0.15, 0.2) is 0 Å². The number of hydrogen-bond acceptors (Lipinski definition) is 3. The number of hydrogen-bond donors (Lipinski definition) is 0. The van der Waals surface area contributed by atoms with Crippen LogP contribution in [0.5, 0.6) is 0 Å². The molecule has 0 radical (unpaired) electrons. The Bertz CT molecular complexity index is 362. The zero-order chi connectivity index (χ0) is 14.8. The number of nitrogens with zero attached hydrogens (tertiary/aromatic N) is 1. The van der Waals surface area contributed by atoms with Crippen molar-refractivity contribution in [2.75, 3.05) is 6.61 Å². The molecule has 0 aromatic heterocycles. The third kappa shape index (κ3) is 3.52. The maximum atomic E-state index is 9.45. The summed E-state index contributed by atoms with van der Waals surface area (Å²) in [6.45, 7) is 10.2. The van der Waals surface area contributed by atoms with Crippen LogP contribution in [0.25, 0.3) is 0 Å². The maximum Gasteiger partial charge on any atom is 0.0667 e. The van der Waals surface area contributed by atoms with Gasteiger partial charge in [-0.3, -0.25) is 0 Å². The van der Waals surface area contributed by atoms with Gasteiger partial charge in [-0.25, -0.2) is 0 Å². The first-order chi connectivity index (χ1) is 9.47. The van der Waals surface area contributed by atoms with Gasteiger partial charge in [0, 0.05) is 17.1 Å². The molecule has 5 atom stereocenters. The number of thioether (sulfide) groups is 1. The highest BCUT2D eigenvalue weighted by molar-refractivity contribution is 8.00. The molecule has 0 N–H and O–H groups in total. The molecular weight excluding hydrogens is 266 g/mol. The SMILES string of the molecule is CCC(C)(C)C1CCC(C#N)C(SC2CCOC2C)C1. The van der Waals surface area contributed by atoms with Crippen LogP contribution in [-0.4, -0.2) is 23.2 Å². The molecule has 1 aliphatic carbocycles. The minimum absolute atomic E-state index is 0.247. The quantitative estimate of drug-likeness (QED) is 0.757. The summed E-state index contributed by atoms with van der Waals surface area (Å²) < 4.78 is 5.69. The second-order valence-corrected chi connectivity index (χ2v) is 8.65. The van der Waals surface area contributed by atoms with Gasteiger partial charge in [-0.15, -0.1) is 0 Å². The molecule has 5 unspecified atom stereocenters. The van der Waals surface area contributed by atoms with E-state index in [9.17, 15) is 5.26 Å². The molecule has 2 fully saturated rings. The van der Waals surface area contributed by atoms with Crippen LogP contribution in [0.3, 0.4) is 0 Å². The van der Waals surface area contributed by atoms with Crippen LogP contribution >= 0.6 is 11.8 Å². The molecular formula is C17H29NOS. The van der Waals surface area contributed by atoms with E-state index in [1.807, 2.05) is 0 Å². The van der Waals surface area contributed by atoms with Crippen molar-refractivity contribution in [1.82, 2.24) is 0 Å². The number of nitriles is 1. The molecule has 0 spiro atoms. The highest BCUT2D eigenvalue weighted by Crippen LogP contribution is 2.47. The monoisotopic (exact) mass is 295 g/mol. The van der Waals surface area contributed by atoms with Crippen molar-refractivity contribution < 1.29 is 4.74 Å². The minimum Gasteiger partial charge on any atom is -0.377 e. The molecule has 3 heteroatoms. The molecule has 0 bridgehead atoms. The topological polar surface area (TPSA) is 33.0 Å². The van der Waals surface area contributed by atoms with Crippen LogP contribution in [0.4, 0.5) is 0 Å². The highest BCUT2D eigenvalue weighted by Gasteiger charge is 2.39. The summed E-state index contributed by atoms with van der Waals surface area (Å²) in [6, 6.07) is 2.57. The largest absolute Gasteiger partial charge is 0.377 e. The smallest absolute Gasteiger partial charge is 0.0667 e. The van der Waals surface area contributed by atoms with Crippen LogP contribution in [0, 0.1) is 28.6 Å². The van der Waals surface area contributed by atoms with Gasteiger partial charge in [0.2, 0.25) is 0 Å². The van der Waals surface area contributed by atoms with Crippen LogP contribution < -0.4 is 0 Å². The standard InChI is InChI=1S/C17H29NOS/c1-5-17(3,4)14-7-6-13(11-18)16(10-14)20-15-8-9-19-12(15)2/h12-16H,5-10H2,1-4H3. The van der Waals surface area contributed by atoms with Gasteiger partial charge < -0.3 is 4.74 Å². The molecule has 1 aliphatic heterocycles. The fraction of sp³-hybridized carbons (Fsp3) is 0.941. The van der Waals surface area contributed by atoms with Crippen molar-refractivity contribution in [2.24, 2.45) is 17.3 Å². The van der Waals surface area contributed by atoms with Crippen molar-refractivity contribution in [3.05, 3.63) is 0 Å². The summed E-state index contributed by atoms with van der Waals surface area (Å²) in [5.41, 5.74) is 0.414. The Balaban J connectivity index is 2.01. The zero-order valence-corrected chi connectivity index (χ0v) is 14.2. The van der Waals surface area contributed by atoms with E-state index in [-0.39, 0.29) is 5.92 Å². The Morgan fingerprint density at radius 3 is 2.55 bits per heavy atom. The zero-order valence-electron chi connectivity index (χ0n) is 13.4. The third-order valence-corrected chi connectivity index (χ3v) is 7.47. The van der Waals surface area contributed by atoms with E-state index >= 15 is 0 Å². The average molecular weight is 295 g/mol. The normalized spacial score (nSPS) is 38.6. The maximum absolute atomic E-state index is 9.45. The van der Waals surface area contributed by atoms with Gasteiger partial charge in [0.05, 0.1) is 18.1 Å². The second-order valence-electron chi connectivity index (χ2n) is 7.17. The fourth-order valence-electron chi connectivity index (χ4n) is 3.54. The van der Waals surface area contributed by atoms with Crippen molar-refractivity contribution in [3.8, 4) is 6.07 Å². The molecule has 0 amide bonds. The first-order valence-electron chi connectivity index (χ1n) is 8.14. The lowest BCUT2D eigenvalue weighted by molar-refractivity contribution is 0.126. The molecule has 1 heterocycles. The number of rotatable bonds is 4. The fourth-order valence-corrected chi connectivity index (χ4v) is 5.25. The molecule has 1 saturated heterocycles. The molecule has 0 aromatic carbocycles. The second kappa shape index (κ2) is 6.71. The Hall–Kier alpha value is -0.200. The molecule has 114 valence electrons. The van der Waals surface area contributed by atoms with E-state index in [1.165, 1.54) is 19.3 Å². The van der Waals surface area contributed by atoms with E-state index in [1.54, 1.807) is 0 Å². The Morgan fingerprint density at radius 2 is 2.00 bits per heavy atom. The van der Waals surface area contributed by atoms with Gasteiger partial charge >= 0.3 is 0 Å². The van der Waals surface area contributed by atoms with Crippen LogP contribution in [-0.2, 0) is 4.74 Å². The molecule has 2 aliphatic rings. The van der Waals surface area contributed by atoms with Gasteiger partial charge in [-0.1, -0.05) is 27.2 Å². The lowest BCUT2D eigenvalue weighted by Gasteiger charge is -2.42. The van der Waals surface area contributed by atoms with Crippen molar-refractivity contribution >= 4 is 11.8 Å². The van der Waals surface area contributed by atoms with Gasteiger partial charge in [-0.2, -0.15) is 17.0 Å². The lowest BCUT2D eigenvalue weighted by atomic mass is 9.67. The molecule has 0 aromatic rings. The number of ether oxygens (including phenoxy) is 1. The third-order valence-electron chi connectivity index (χ3n) is 5.63. The minimum atomic E-state index is 0.247. The van der Waals surface area contributed by atoms with Gasteiger partial charge in [-0.05, 0) is 43.9 Å². The van der Waals surface area contributed by atoms with E-state index < -0.39 is 0 Å². The first kappa shape index (κ1) is 16.2. The predicted molar refractivity (Wildman–Crippen MR) is 85.7 cm³/mol.